The second-order valence-corrected chi connectivity index (χ2v) is 5.86. The number of rotatable bonds is 3. The fraction of sp³-hybridized carbons (Fsp3) is 0.846. The first-order chi connectivity index (χ1) is 8.73. The molecule has 0 spiro atoms. The molecule has 0 radical (unpaired) electrons. The molecule has 1 amide bonds. The van der Waals surface area contributed by atoms with Crippen molar-refractivity contribution in [2.24, 2.45) is 0 Å². The van der Waals surface area contributed by atoms with E-state index in [-0.39, 0.29) is 6.61 Å². The van der Waals surface area contributed by atoms with Gasteiger partial charge in [-0.15, -0.1) is 0 Å². The minimum atomic E-state index is -1.31. The summed E-state index contributed by atoms with van der Waals surface area (Å²) in [6.45, 7) is 5.63. The number of likely N-dealkylation sites (tertiary alicyclic amines) is 1. The standard InChI is InChI=1S/C13H23NO5/c1-12(2,3)19-11(17)14-8-6-5-7-13(14,9-18-4)10(15)16/h5-9H2,1-4H3,(H,15,16). The van der Waals surface area contributed by atoms with Crippen LogP contribution < -0.4 is 0 Å². The lowest BCUT2D eigenvalue weighted by molar-refractivity contribution is -0.158. The summed E-state index contributed by atoms with van der Waals surface area (Å²) in [7, 11) is 1.44. The SMILES string of the molecule is COCC1(C(=O)O)CCCCN1C(=O)OC(C)(C)C. The van der Waals surface area contributed by atoms with Crippen LogP contribution in [0.3, 0.4) is 0 Å². The molecule has 1 saturated heterocycles. The first-order valence-corrected chi connectivity index (χ1v) is 6.46. The third kappa shape index (κ3) is 3.59. The van der Waals surface area contributed by atoms with Gasteiger partial charge in [0.15, 0.2) is 5.54 Å². The van der Waals surface area contributed by atoms with Crippen LogP contribution in [-0.4, -0.2) is 53.5 Å². The second-order valence-electron chi connectivity index (χ2n) is 5.86. The van der Waals surface area contributed by atoms with E-state index in [0.717, 1.165) is 12.8 Å². The van der Waals surface area contributed by atoms with Crippen LogP contribution in [0.5, 0.6) is 0 Å². The maximum atomic E-state index is 12.2. The smallest absolute Gasteiger partial charge is 0.411 e. The monoisotopic (exact) mass is 273 g/mol. The van der Waals surface area contributed by atoms with E-state index in [1.807, 2.05) is 0 Å². The average molecular weight is 273 g/mol. The maximum absolute atomic E-state index is 12.2. The lowest BCUT2D eigenvalue weighted by Gasteiger charge is -2.43. The molecular formula is C13H23NO5. The van der Waals surface area contributed by atoms with E-state index in [9.17, 15) is 14.7 Å². The molecule has 19 heavy (non-hydrogen) atoms. The fourth-order valence-electron chi connectivity index (χ4n) is 2.29. The van der Waals surface area contributed by atoms with Crippen molar-refractivity contribution in [1.82, 2.24) is 4.90 Å². The Labute approximate surface area is 113 Å². The van der Waals surface area contributed by atoms with Gasteiger partial charge in [-0.1, -0.05) is 0 Å². The minimum Gasteiger partial charge on any atom is -0.479 e. The van der Waals surface area contributed by atoms with E-state index in [1.165, 1.54) is 12.0 Å². The van der Waals surface area contributed by atoms with E-state index in [1.54, 1.807) is 20.8 Å². The number of carboxylic acids is 1. The second kappa shape index (κ2) is 5.77. The van der Waals surface area contributed by atoms with Crippen LogP contribution in [-0.2, 0) is 14.3 Å². The third-order valence-corrected chi connectivity index (χ3v) is 3.13. The van der Waals surface area contributed by atoms with E-state index < -0.39 is 23.2 Å². The Bertz CT molecular complexity index is 345. The van der Waals surface area contributed by atoms with E-state index in [0.29, 0.717) is 13.0 Å². The number of amides is 1. The molecule has 0 saturated carbocycles. The summed E-state index contributed by atoms with van der Waals surface area (Å²) < 4.78 is 10.3. The average Bonchev–Trinajstić information content (AvgIpc) is 2.27. The molecule has 0 aromatic rings. The highest BCUT2D eigenvalue weighted by Crippen LogP contribution is 2.30. The van der Waals surface area contributed by atoms with Gasteiger partial charge in [0.25, 0.3) is 0 Å². The summed E-state index contributed by atoms with van der Waals surface area (Å²) in [5.41, 5.74) is -1.96. The van der Waals surface area contributed by atoms with Crippen LogP contribution >= 0.6 is 0 Å². The fourth-order valence-corrected chi connectivity index (χ4v) is 2.29. The van der Waals surface area contributed by atoms with Crippen molar-refractivity contribution in [1.29, 1.82) is 0 Å². The van der Waals surface area contributed by atoms with Gasteiger partial charge in [0.1, 0.15) is 5.60 Å². The molecule has 110 valence electrons. The maximum Gasteiger partial charge on any atom is 0.411 e. The van der Waals surface area contributed by atoms with E-state index in [4.69, 9.17) is 9.47 Å². The van der Waals surface area contributed by atoms with Crippen LogP contribution in [0.25, 0.3) is 0 Å². The minimum absolute atomic E-state index is 0.0262. The topological polar surface area (TPSA) is 76.1 Å². The summed E-state index contributed by atoms with van der Waals surface area (Å²) >= 11 is 0. The molecular weight excluding hydrogens is 250 g/mol. The highest BCUT2D eigenvalue weighted by atomic mass is 16.6. The molecule has 1 heterocycles. The highest BCUT2D eigenvalue weighted by molar-refractivity contribution is 5.85. The summed E-state index contributed by atoms with van der Waals surface area (Å²) in [5, 5.41) is 9.51. The van der Waals surface area contributed by atoms with Gasteiger partial charge in [-0.25, -0.2) is 9.59 Å². The quantitative estimate of drug-likeness (QED) is 0.849. The molecule has 1 N–H and O–H groups in total. The molecule has 6 heteroatoms. The molecule has 1 rings (SSSR count). The summed E-state index contributed by atoms with van der Waals surface area (Å²) in [4.78, 5) is 25.1. The van der Waals surface area contributed by atoms with Gasteiger partial charge in [-0.3, -0.25) is 4.90 Å². The Morgan fingerprint density at radius 1 is 1.32 bits per heavy atom. The lowest BCUT2D eigenvalue weighted by atomic mass is 9.87. The van der Waals surface area contributed by atoms with Gasteiger partial charge in [0, 0.05) is 13.7 Å². The summed E-state index contributed by atoms with van der Waals surface area (Å²) in [6, 6.07) is 0. The molecule has 0 aromatic carbocycles. The predicted molar refractivity (Wildman–Crippen MR) is 69.0 cm³/mol. The zero-order valence-electron chi connectivity index (χ0n) is 12.1. The van der Waals surface area contributed by atoms with Crippen molar-refractivity contribution < 1.29 is 24.2 Å². The molecule has 0 aliphatic carbocycles. The number of nitrogens with zero attached hydrogens (tertiary/aromatic N) is 1. The van der Waals surface area contributed by atoms with Crippen molar-refractivity contribution in [3.8, 4) is 0 Å². The Hall–Kier alpha value is -1.30. The molecule has 0 aromatic heterocycles. The molecule has 1 atom stereocenters. The first kappa shape index (κ1) is 15.8. The lowest BCUT2D eigenvalue weighted by Crippen LogP contribution is -2.62. The molecule has 0 bridgehead atoms. The number of methoxy groups -OCH3 is 1. The Kier molecular flexibility index (Phi) is 4.79. The number of hydrogen-bond acceptors (Lipinski definition) is 4. The van der Waals surface area contributed by atoms with Gasteiger partial charge < -0.3 is 14.6 Å². The van der Waals surface area contributed by atoms with Crippen molar-refractivity contribution in [2.45, 2.75) is 51.2 Å². The first-order valence-electron chi connectivity index (χ1n) is 6.46. The third-order valence-electron chi connectivity index (χ3n) is 3.13. The Balaban J connectivity index is 2.98. The normalized spacial score (nSPS) is 24.1. The number of carbonyl (C=O) groups excluding carboxylic acids is 1. The van der Waals surface area contributed by atoms with Crippen molar-refractivity contribution >= 4 is 12.1 Å². The van der Waals surface area contributed by atoms with Gasteiger partial charge in [0.05, 0.1) is 6.61 Å². The van der Waals surface area contributed by atoms with Gasteiger partial charge in [-0.05, 0) is 40.0 Å². The zero-order chi connectivity index (χ0) is 14.7. The van der Waals surface area contributed by atoms with E-state index >= 15 is 0 Å². The number of ether oxygens (including phenoxy) is 2. The summed E-state index contributed by atoms with van der Waals surface area (Å²) in [5.74, 6) is -1.04. The van der Waals surface area contributed by atoms with Crippen molar-refractivity contribution in [3.05, 3.63) is 0 Å². The van der Waals surface area contributed by atoms with Gasteiger partial charge in [-0.2, -0.15) is 0 Å². The van der Waals surface area contributed by atoms with Crippen molar-refractivity contribution in [3.63, 3.8) is 0 Å². The summed E-state index contributed by atoms with van der Waals surface area (Å²) in [6.07, 6.45) is 1.33. The van der Waals surface area contributed by atoms with Crippen LogP contribution in [0.15, 0.2) is 0 Å². The van der Waals surface area contributed by atoms with Crippen LogP contribution in [0.2, 0.25) is 0 Å². The highest BCUT2D eigenvalue weighted by Gasteiger charge is 2.49. The van der Waals surface area contributed by atoms with Crippen molar-refractivity contribution in [2.75, 3.05) is 20.3 Å². The number of carboxylic acid groups (broad SMARTS) is 1. The zero-order valence-corrected chi connectivity index (χ0v) is 12.1. The Morgan fingerprint density at radius 3 is 2.42 bits per heavy atom. The molecule has 1 aliphatic rings. The Morgan fingerprint density at radius 2 is 1.95 bits per heavy atom. The number of carbonyl (C=O) groups is 2. The van der Waals surface area contributed by atoms with E-state index in [2.05, 4.69) is 0 Å². The van der Waals surface area contributed by atoms with Gasteiger partial charge in [0.2, 0.25) is 0 Å². The molecule has 1 fully saturated rings. The molecule has 1 unspecified atom stereocenters. The molecule has 6 nitrogen and oxygen atoms in total. The number of piperidine rings is 1. The van der Waals surface area contributed by atoms with Crippen LogP contribution in [0.1, 0.15) is 40.0 Å². The number of aliphatic carboxylic acids is 1. The predicted octanol–water partition coefficient (Wildman–Crippen LogP) is 1.88. The number of hydrogen-bond donors (Lipinski definition) is 1. The van der Waals surface area contributed by atoms with Crippen LogP contribution in [0, 0.1) is 0 Å². The molecule has 1 aliphatic heterocycles. The largest absolute Gasteiger partial charge is 0.479 e. The van der Waals surface area contributed by atoms with Crippen LogP contribution in [0.4, 0.5) is 4.79 Å². The van der Waals surface area contributed by atoms with Gasteiger partial charge >= 0.3 is 12.1 Å².